The molecule has 0 aliphatic heterocycles. The van der Waals surface area contributed by atoms with Crippen LogP contribution in [-0.4, -0.2) is 20.4 Å². The van der Waals surface area contributed by atoms with Gasteiger partial charge in [-0.25, -0.2) is 8.42 Å². The van der Waals surface area contributed by atoms with Crippen molar-refractivity contribution in [1.82, 2.24) is 5.32 Å². The molecule has 1 aromatic carbocycles. The van der Waals surface area contributed by atoms with E-state index in [4.69, 9.17) is 10.7 Å². The molecule has 110 valence electrons. The molecule has 1 aromatic rings. The monoisotopic (exact) mass is 315 g/mol. The van der Waals surface area contributed by atoms with Crippen LogP contribution in [0.3, 0.4) is 0 Å². The second kappa shape index (κ2) is 6.14. The summed E-state index contributed by atoms with van der Waals surface area (Å²) in [4.78, 5) is 12.1. The smallest absolute Gasteiger partial charge is 0.261 e. The average Bonchev–Trinajstić information content (AvgIpc) is 2.91. The molecule has 0 saturated heterocycles. The second-order valence-corrected chi connectivity index (χ2v) is 7.83. The Hall–Kier alpha value is -1.07. The first kappa shape index (κ1) is 15.3. The van der Waals surface area contributed by atoms with Crippen LogP contribution in [0.15, 0.2) is 29.2 Å². The number of rotatable bonds is 4. The van der Waals surface area contributed by atoms with Gasteiger partial charge in [-0.3, -0.25) is 4.79 Å². The number of amides is 1. The molecule has 0 spiro atoms. The summed E-state index contributed by atoms with van der Waals surface area (Å²) in [6.07, 6.45) is 4.77. The molecule has 0 aromatic heterocycles. The van der Waals surface area contributed by atoms with Gasteiger partial charge in [-0.05, 0) is 49.9 Å². The Bertz CT molecular complexity index is 577. The quantitative estimate of drug-likeness (QED) is 0.869. The number of halogens is 1. The molecular weight excluding hydrogens is 298 g/mol. The van der Waals surface area contributed by atoms with Crippen LogP contribution in [0.4, 0.5) is 0 Å². The van der Waals surface area contributed by atoms with E-state index in [1.807, 2.05) is 6.92 Å². The molecule has 0 heterocycles. The third kappa shape index (κ3) is 3.73. The molecular formula is C14H18ClNO3S. The third-order valence-electron chi connectivity index (χ3n) is 3.86. The first-order valence-electron chi connectivity index (χ1n) is 6.73. The number of hydrogen-bond donors (Lipinski definition) is 1. The van der Waals surface area contributed by atoms with Gasteiger partial charge in [-0.1, -0.05) is 12.8 Å². The lowest BCUT2D eigenvalue weighted by molar-refractivity contribution is 0.0927. The second-order valence-electron chi connectivity index (χ2n) is 5.27. The van der Waals surface area contributed by atoms with Gasteiger partial charge in [0.2, 0.25) is 0 Å². The zero-order valence-corrected chi connectivity index (χ0v) is 12.9. The number of hydrogen-bond acceptors (Lipinski definition) is 3. The third-order valence-corrected chi connectivity index (χ3v) is 5.23. The van der Waals surface area contributed by atoms with E-state index < -0.39 is 9.05 Å². The fraction of sp³-hybridized carbons (Fsp3) is 0.500. The van der Waals surface area contributed by atoms with Gasteiger partial charge in [0.05, 0.1) is 4.90 Å². The molecule has 0 radical (unpaired) electrons. The molecule has 1 amide bonds. The maximum Gasteiger partial charge on any atom is 0.261 e. The SMILES string of the molecule is CC(NC(=O)c1ccc(S(=O)(=O)Cl)cc1)C1CCCC1. The first-order valence-corrected chi connectivity index (χ1v) is 9.04. The Morgan fingerprint density at radius 3 is 2.30 bits per heavy atom. The average molecular weight is 316 g/mol. The summed E-state index contributed by atoms with van der Waals surface area (Å²) in [7, 11) is 1.49. The first-order chi connectivity index (χ1) is 9.38. The molecule has 6 heteroatoms. The highest BCUT2D eigenvalue weighted by Crippen LogP contribution is 2.27. The molecule has 1 fully saturated rings. The van der Waals surface area contributed by atoms with E-state index in [1.165, 1.54) is 37.1 Å². The van der Waals surface area contributed by atoms with Crippen molar-refractivity contribution in [1.29, 1.82) is 0 Å². The van der Waals surface area contributed by atoms with Gasteiger partial charge in [0, 0.05) is 22.3 Å². The van der Waals surface area contributed by atoms with Gasteiger partial charge < -0.3 is 5.32 Å². The minimum absolute atomic E-state index is 0.000409. The lowest BCUT2D eigenvalue weighted by Crippen LogP contribution is -2.37. The van der Waals surface area contributed by atoms with Gasteiger partial charge in [0.15, 0.2) is 0 Å². The van der Waals surface area contributed by atoms with E-state index in [2.05, 4.69) is 5.32 Å². The number of carbonyl (C=O) groups excluding carboxylic acids is 1. The Morgan fingerprint density at radius 1 is 1.25 bits per heavy atom. The van der Waals surface area contributed by atoms with Crippen molar-refractivity contribution in [3.63, 3.8) is 0 Å². The summed E-state index contributed by atoms with van der Waals surface area (Å²) in [5.41, 5.74) is 0.443. The van der Waals surface area contributed by atoms with Crippen molar-refractivity contribution in [3.05, 3.63) is 29.8 Å². The zero-order valence-electron chi connectivity index (χ0n) is 11.3. The molecule has 0 bridgehead atoms. The summed E-state index contributed by atoms with van der Waals surface area (Å²) >= 11 is 0. The van der Waals surface area contributed by atoms with Crippen LogP contribution >= 0.6 is 10.7 Å². The van der Waals surface area contributed by atoms with E-state index in [0.717, 1.165) is 12.8 Å². The van der Waals surface area contributed by atoms with Gasteiger partial charge in [-0.2, -0.15) is 0 Å². The van der Waals surface area contributed by atoms with Crippen molar-refractivity contribution in [2.45, 2.75) is 43.5 Å². The molecule has 1 N–H and O–H groups in total. The van der Waals surface area contributed by atoms with Gasteiger partial charge in [0.25, 0.3) is 15.0 Å². The molecule has 4 nitrogen and oxygen atoms in total. The Kier molecular flexibility index (Phi) is 4.70. The minimum atomic E-state index is -3.74. The Morgan fingerprint density at radius 2 is 1.80 bits per heavy atom. The lowest BCUT2D eigenvalue weighted by atomic mass is 9.99. The highest BCUT2D eigenvalue weighted by atomic mass is 35.7. The summed E-state index contributed by atoms with van der Waals surface area (Å²) in [5.74, 6) is 0.365. The molecule has 1 saturated carbocycles. The van der Waals surface area contributed by atoms with Crippen molar-refractivity contribution >= 4 is 25.6 Å². The van der Waals surface area contributed by atoms with Crippen molar-refractivity contribution in [2.75, 3.05) is 0 Å². The minimum Gasteiger partial charge on any atom is -0.349 e. The summed E-state index contributed by atoms with van der Waals surface area (Å²) in [6, 6.07) is 5.79. The van der Waals surface area contributed by atoms with Crippen molar-refractivity contribution in [2.24, 2.45) is 5.92 Å². The van der Waals surface area contributed by atoms with Gasteiger partial charge >= 0.3 is 0 Å². The van der Waals surface area contributed by atoms with Crippen LogP contribution in [0.1, 0.15) is 43.0 Å². The van der Waals surface area contributed by atoms with E-state index in [9.17, 15) is 13.2 Å². The molecule has 1 aliphatic carbocycles. The summed E-state index contributed by atoms with van der Waals surface area (Å²) in [5, 5.41) is 2.97. The maximum atomic E-state index is 12.1. The molecule has 20 heavy (non-hydrogen) atoms. The predicted molar refractivity (Wildman–Crippen MR) is 78.4 cm³/mol. The van der Waals surface area contributed by atoms with Crippen molar-refractivity contribution < 1.29 is 13.2 Å². The van der Waals surface area contributed by atoms with Crippen LogP contribution in [0, 0.1) is 5.92 Å². The molecule has 1 unspecified atom stereocenters. The predicted octanol–water partition coefficient (Wildman–Crippen LogP) is 2.92. The largest absolute Gasteiger partial charge is 0.349 e. The van der Waals surface area contributed by atoms with E-state index in [1.54, 1.807) is 0 Å². The Balaban J connectivity index is 2.02. The number of carbonyl (C=O) groups is 1. The standard InChI is InChI=1S/C14H18ClNO3S/c1-10(11-4-2-3-5-11)16-14(17)12-6-8-13(9-7-12)20(15,18)19/h6-11H,2-5H2,1H3,(H,16,17). The van der Waals surface area contributed by atoms with Crippen LogP contribution in [0.25, 0.3) is 0 Å². The van der Waals surface area contributed by atoms with Gasteiger partial charge in [0.1, 0.15) is 0 Å². The van der Waals surface area contributed by atoms with Crippen LogP contribution < -0.4 is 5.32 Å². The lowest BCUT2D eigenvalue weighted by Gasteiger charge is -2.20. The van der Waals surface area contributed by atoms with Crippen LogP contribution in [0.2, 0.25) is 0 Å². The maximum absolute atomic E-state index is 12.1. The van der Waals surface area contributed by atoms with Gasteiger partial charge in [-0.15, -0.1) is 0 Å². The summed E-state index contributed by atoms with van der Waals surface area (Å²) < 4.78 is 22.3. The van der Waals surface area contributed by atoms with E-state index >= 15 is 0 Å². The molecule has 2 rings (SSSR count). The summed E-state index contributed by atoms with van der Waals surface area (Å²) in [6.45, 7) is 2.02. The van der Waals surface area contributed by atoms with Crippen LogP contribution in [-0.2, 0) is 9.05 Å². The van der Waals surface area contributed by atoms with E-state index in [-0.39, 0.29) is 16.8 Å². The topological polar surface area (TPSA) is 63.2 Å². The van der Waals surface area contributed by atoms with E-state index in [0.29, 0.717) is 11.5 Å². The number of benzene rings is 1. The van der Waals surface area contributed by atoms with Crippen molar-refractivity contribution in [3.8, 4) is 0 Å². The normalized spacial score (nSPS) is 17.9. The fourth-order valence-corrected chi connectivity index (χ4v) is 3.40. The Labute approximate surface area is 123 Å². The number of nitrogens with one attached hydrogen (secondary N) is 1. The molecule has 1 aliphatic rings. The fourth-order valence-electron chi connectivity index (χ4n) is 2.63. The highest BCUT2D eigenvalue weighted by molar-refractivity contribution is 8.13. The van der Waals surface area contributed by atoms with Crippen LogP contribution in [0.5, 0.6) is 0 Å². The molecule has 1 atom stereocenters. The zero-order chi connectivity index (χ0) is 14.8. The highest BCUT2D eigenvalue weighted by Gasteiger charge is 2.23.